The van der Waals surface area contributed by atoms with E-state index >= 15 is 0 Å². The minimum absolute atomic E-state index is 0.971. The van der Waals surface area contributed by atoms with Gasteiger partial charge in [-0.25, -0.2) is 0 Å². The predicted octanol–water partition coefficient (Wildman–Crippen LogP) is 1.55. The molecule has 1 heterocycles. The first-order chi connectivity index (χ1) is 8.31. The topological polar surface area (TPSA) is 18.5 Å². The summed E-state index contributed by atoms with van der Waals surface area (Å²) in [6.07, 6.45) is 0. The average Bonchev–Trinajstić information content (AvgIpc) is 2.38. The largest absolute Gasteiger partial charge is 0.369 e. The SMILES string of the molecule is CCNCc1ccccc1N1CCN(C)CC1. The molecule has 0 saturated carbocycles. The van der Waals surface area contributed by atoms with Gasteiger partial charge >= 0.3 is 0 Å². The second kappa shape index (κ2) is 6.03. The normalized spacial score (nSPS) is 17.4. The Balaban J connectivity index is 2.08. The molecule has 1 aromatic carbocycles. The van der Waals surface area contributed by atoms with Gasteiger partial charge in [-0.15, -0.1) is 0 Å². The number of nitrogens with one attached hydrogen (secondary N) is 1. The minimum atomic E-state index is 0.971. The summed E-state index contributed by atoms with van der Waals surface area (Å²) in [5, 5.41) is 3.42. The quantitative estimate of drug-likeness (QED) is 0.851. The lowest BCUT2D eigenvalue weighted by molar-refractivity contribution is 0.312. The molecule has 0 aromatic heterocycles. The van der Waals surface area contributed by atoms with E-state index in [9.17, 15) is 0 Å². The van der Waals surface area contributed by atoms with Crippen molar-refractivity contribution in [1.82, 2.24) is 10.2 Å². The first kappa shape index (κ1) is 12.4. The fourth-order valence-corrected chi connectivity index (χ4v) is 2.28. The van der Waals surface area contributed by atoms with Crippen molar-refractivity contribution in [3.63, 3.8) is 0 Å². The number of hydrogen-bond donors (Lipinski definition) is 1. The van der Waals surface area contributed by atoms with E-state index in [1.165, 1.54) is 11.3 Å². The van der Waals surface area contributed by atoms with Gasteiger partial charge in [-0.3, -0.25) is 0 Å². The van der Waals surface area contributed by atoms with Crippen LogP contribution in [0.1, 0.15) is 12.5 Å². The van der Waals surface area contributed by atoms with Crippen LogP contribution in [0.3, 0.4) is 0 Å². The van der Waals surface area contributed by atoms with E-state index in [1.54, 1.807) is 0 Å². The molecule has 94 valence electrons. The maximum absolute atomic E-state index is 3.42. The fourth-order valence-electron chi connectivity index (χ4n) is 2.28. The molecule has 2 rings (SSSR count). The third kappa shape index (κ3) is 3.20. The minimum Gasteiger partial charge on any atom is -0.369 e. The molecular weight excluding hydrogens is 210 g/mol. The molecule has 17 heavy (non-hydrogen) atoms. The van der Waals surface area contributed by atoms with Gasteiger partial charge in [-0.05, 0) is 25.2 Å². The Morgan fingerprint density at radius 2 is 1.82 bits per heavy atom. The molecule has 1 aliphatic rings. The second-order valence-corrected chi connectivity index (χ2v) is 4.70. The molecule has 0 radical (unpaired) electrons. The van der Waals surface area contributed by atoms with Crippen LogP contribution in [0.15, 0.2) is 24.3 Å². The van der Waals surface area contributed by atoms with E-state index in [0.717, 1.165) is 39.3 Å². The Kier molecular flexibility index (Phi) is 4.40. The number of nitrogens with zero attached hydrogens (tertiary/aromatic N) is 2. The predicted molar refractivity (Wildman–Crippen MR) is 73.5 cm³/mol. The fraction of sp³-hybridized carbons (Fsp3) is 0.571. The highest BCUT2D eigenvalue weighted by molar-refractivity contribution is 5.54. The van der Waals surface area contributed by atoms with E-state index < -0.39 is 0 Å². The van der Waals surface area contributed by atoms with Crippen molar-refractivity contribution in [1.29, 1.82) is 0 Å². The summed E-state index contributed by atoms with van der Waals surface area (Å²) in [7, 11) is 2.20. The molecule has 1 aliphatic heterocycles. The molecule has 0 aliphatic carbocycles. The number of hydrogen-bond acceptors (Lipinski definition) is 3. The smallest absolute Gasteiger partial charge is 0.0412 e. The summed E-state index contributed by atoms with van der Waals surface area (Å²) in [5.74, 6) is 0. The molecule has 3 heteroatoms. The van der Waals surface area contributed by atoms with Crippen molar-refractivity contribution >= 4 is 5.69 Å². The van der Waals surface area contributed by atoms with Crippen LogP contribution in [0.2, 0.25) is 0 Å². The van der Waals surface area contributed by atoms with E-state index in [4.69, 9.17) is 0 Å². The van der Waals surface area contributed by atoms with Crippen molar-refractivity contribution < 1.29 is 0 Å². The first-order valence-electron chi connectivity index (χ1n) is 6.53. The van der Waals surface area contributed by atoms with Crippen molar-refractivity contribution in [2.45, 2.75) is 13.5 Å². The highest BCUT2D eigenvalue weighted by atomic mass is 15.2. The van der Waals surface area contributed by atoms with Crippen LogP contribution < -0.4 is 10.2 Å². The third-order valence-corrected chi connectivity index (χ3v) is 3.40. The van der Waals surface area contributed by atoms with Gasteiger partial charge in [0.15, 0.2) is 0 Å². The molecule has 1 aromatic rings. The van der Waals surface area contributed by atoms with Crippen LogP contribution in [0.4, 0.5) is 5.69 Å². The van der Waals surface area contributed by atoms with Crippen LogP contribution in [0.25, 0.3) is 0 Å². The molecule has 0 unspecified atom stereocenters. The number of piperazine rings is 1. The van der Waals surface area contributed by atoms with Crippen LogP contribution in [-0.2, 0) is 6.54 Å². The zero-order chi connectivity index (χ0) is 12.1. The molecule has 1 fully saturated rings. The lowest BCUT2D eigenvalue weighted by atomic mass is 10.1. The van der Waals surface area contributed by atoms with Crippen LogP contribution in [0, 0.1) is 0 Å². The Bertz CT molecular complexity index is 343. The van der Waals surface area contributed by atoms with Crippen molar-refractivity contribution in [3.05, 3.63) is 29.8 Å². The van der Waals surface area contributed by atoms with Gasteiger partial charge in [-0.1, -0.05) is 25.1 Å². The van der Waals surface area contributed by atoms with Gasteiger partial charge in [0, 0.05) is 38.4 Å². The van der Waals surface area contributed by atoms with Gasteiger partial charge < -0.3 is 15.1 Å². The lowest BCUT2D eigenvalue weighted by Gasteiger charge is -2.35. The van der Waals surface area contributed by atoms with Gasteiger partial charge in [0.25, 0.3) is 0 Å². The zero-order valence-electron chi connectivity index (χ0n) is 10.9. The van der Waals surface area contributed by atoms with E-state index in [-0.39, 0.29) is 0 Å². The van der Waals surface area contributed by atoms with E-state index in [2.05, 4.69) is 53.4 Å². The van der Waals surface area contributed by atoms with Crippen molar-refractivity contribution in [2.24, 2.45) is 0 Å². The van der Waals surface area contributed by atoms with Gasteiger partial charge in [-0.2, -0.15) is 0 Å². The van der Waals surface area contributed by atoms with Gasteiger partial charge in [0.1, 0.15) is 0 Å². The summed E-state index contributed by atoms with van der Waals surface area (Å²) in [4.78, 5) is 4.90. The van der Waals surface area contributed by atoms with Crippen LogP contribution in [-0.4, -0.2) is 44.7 Å². The summed E-state index contributed by atoms with van der Waals surface area (Å²) in [5.41, 5.74) is 2.82. The van der Waals surface area contributed by atoms with Crippen LogP contribution in [0.5, 0.6) is 0 Å². The molecule has 0 bridgehead atoms. The van der Waals surface area contributed by atoms with Crippen LogP contribution >= 0.6 is 0 Å². The number of anilines is 1. The standard InChI is InChI=1S/C14H23N3/c1-3-15-12-13-6-4-5-7-14(13)17-10-8-16(2)9-11-17/h4-7,15H,3,8-12H2,1-2H3. The summed E-state index contributed by atoms with van der Waals surface area (Å²) in [6, 6.07) is 8.75. The summed E-state index contributed by atoms with van der Waals surface area (Å²) < 4.78 is 0. The third-order valence-electron chi connectivity index (χ3n) is 3.40. The maximum Gasteiger partial charge on any atom is 0.0412 e. The molecular formula is C14H23N3. The maximum atomic E-state index is 3.42. The van der Waals surface area contributed by atoms with Gasteiger partial charge in [0.05, 0.1) is 0 Å². The number of benzene rings is 1. The molecule has 1 N–H and O–H groups in total. The molecule has 3 nitrogen and oxygen atoms in total. The summed E-state index contributed by atoms with van der Waals surface area (Å²) >= 11 is 0. The van der Waals surface area contributed by atoms with E-state index in [0.29, 0.717) is 0 Å². The molecule has 0 spiro atoms. The average molecular weight is 233 g/mol. The van der Waals surface area contributed by atoms with Crippen molar-refractivity contribution in [2.75, 3.05) is 44.7 Å². The molecule has 1 saturated heterocycles. The Labute approximate surface area is 104 Å². The van der Waals surface area contributed by atoms with Crippen molar-refractivity contribution in [3.8, 4) is 0 Å². The lowest BCUT2D eigenvalue weighted by Crippen LogP contribution is -2.44. The molecule has 0 amide bonds. The monoisotopic (exact) mass is 233 g/mol. The zero-order valence-corrected chi connectivity index (χ0v) is 10.9. The highest BCUT2D eigenvalue weighted by Crippen LogP contribution is 2.21. The second-order valence-electron chi connectivity index (χ2n) is 4.70. The first-order valence-corrected chi connectivity index (χ1v) is 6.53. The number of rotatable bonds is 4. The summed E-state index contributed by atoms with van der Waals surface area (Å²) in [6.45, 7) is 8.75. The molecule has 0 atom stereocenters. The highest BCUT2D eigenvalue weighted by Gasteiger charge is 2.16. The van der Waals surface area contributed by atoms with E-state index in [1.807, 2.05) is 0 Å². The Morgan fingerprint density at radius 3 is 2.53 bits per heavy atom. The number of para-hydroxylation sites is 1. The Morgan fingerprint density at radius 1 is 1.12 bits per heavy atom. The number of likely N-dealkylation sites (N-methyl/N-ethyl adjacent to an activating group) is 1. The van der Waals surface area contributed by atoms with Gasteiger partial charge in [0.2, 0.25) is 0 Å². The Hall–Kier alpha value is -1.06.